The lowest BCUT2D eigenvalue weighted by atomic mass is 10.1. The van der Waals surface area contributed by atoms with Crippen molar-refractivity contribution in [1.29, 1.82) is 0 Å². The SMILES string of the molecule is CCOC(=O)CCC(=O)c1ccc(O)cc1O.CCOC(=O)Cc1c(C)oc2cc(C)ccc2c1=O. The van der Waals surface area contributed by atoms with Crippen LogP contribution in [0.15, 0.2) is 45.6 Å². The van der Waals surface area contributed by atoms with E-state index in [2.05, 4.69) is 4.74 Å². The van der Waals surface area contributed by atoms with Crippen LogP contribution in [0.5, 0.6) is 11.5 Å². The Hall–Kier alpha value is -4.14. The molecule has 9 heteroatoms. The first-order valence-corrected chi connectivity index (χ1v) is 11.5. The average molecular weight is 499 g/mol. The molecule has 1 aromatic heterocycles. The van der Waals surface area contributed by atoms with Gasteiger partial charge >= 0.3 is 11.9 Å². The van der Waals surface area contributed by atoms with Crippen LogP contribution in [0.4, 0.5) is 0 Å². The normalized spacial score (nSPS) is 10.3. The molecular formula is C27H30O9. The number of ether oxygens (including phenoxy) is 2. The van der Waals surface area contributed by atoms with E-state index in [1.54, 1.807) is 26.8 Å². The van der Waals surface area contributed by atoms with E-state index in [1.807, 2.05) is 19.1 Å². The van der Waals surface area contributed by atoms with Crippen molar-refractivity contribution >= 4 is 28.7 Å². The Balaban J connectivity index is 0.000000255. The van der Waals surface area contributed by atoms with Crippen LogP contribution in [0.25, 0.3) is 11.0 Å². The third-order valence-corrected chi connectivity index (χ3v) is 5.11. The van der Waals surface area contributed by atoms with Gasteiger partial charge in [0.05, 0.1) is 37.0 Å². The van der Waals surface area contributed by atoms with E-state index in [4.69, 9.17) is 14.3 Å². The van der Waals surface area contributed by atoms with Gasteiger partial charge in [0, 0.05) is 18.1 Å². The zero-order valence-corrected chi connectivity index (χ0v) is 20.8. The smallest absolute Gasteiger partial charge is 0.310 e. The highest BCUT2D eigenvalue weighted by Gasteiger charge is 2.16. The molecule has 0 aliphatic carbocycles. The molecule has 0 unspecified atom stereocenters. The number of rotatable bonds is 8. The van der Waals surface area contributed by atoms with E-state index < -0.39 is 11.9 Å². The van der Waals surface area contributed by atoms with E-state index in [0.717, 1.165) is 11.6 Å². The van der Waals surface area contributed by atoms with Crippen molar-refractivity contribution in [2.24, 2.45) is 0 Å². The molecule has 2 aromatic carbocycles. The largest absolute Gasteiger partial charge is 0.508 e. The van der Waals surface area contributed by atoms with Gasteiger partial charge < -0.3 is 24.1 Å². The summed E-state index contributed by atoms with van der Waals surface area (Å²) in [5.74, 6) is -1.17. The molecular weight excluding hydrogens is 468 g/mol. The maximum absolute atomic E-state index is 12.3. The molecule has 0 aliphatic heterocycles. The molecule has 0 radical (unpaired) electrons. The Morgan fingerprint density at radius 3 is 2.19 bits per heavy atom. The Morgan fingerprint density at radius 1 is 0.889 bits per heavy atom. The van der Waals surface area contributed by atoms with Crippen LogP contribution >= 0.6 is 0 Å². The van der Waals surface area contributed by atoms with Gasteiger partial charge in [-0.15, -0.1) is 0 Å². The second-order valence-corrected chi connectivity index (χ2v) is 7.88. The topological polar surface area (TPSA) is 140 Å². The van der Waals surface area contributed by atoms with Crippen molar-refractivity contribution in [3.63, 3.8) is 0 Å². The summed E-state index contributed by atoms with van der Waals surface area (Å²) in [7, 11) is 0. The number of aryl methyl sites for hydroxylation is 2. The number of ketones is 1. The second kappa shape index (κ2) is 13.1. The van der Waals surface area contributed by atoms with Crippen molar-refractivity contribution in [3.05, 3.63) is 69.1 Å². The summed E-state index contributed by atoms with van der Waals surface area (Å²) >= 11 is 0. The number of fused-ring (bicyclic) bond motifs is 1. The van der Waals surface area contributed by atoms with Gasteiger partial charge in [0.25, 0.3) is 0 Å². The predicted octanol–water partition coefficient (Wildman–Crippen LogP) is 4.14. The molecule has 2 N–H and O–H groups in total. The van der Waals surface area contributed by atoms with Crippen LogP contribution in [0.2, 0.25) is 0 Å². The summed E-state index contributed by atoms with van der Waals surface area (Å²) in [6.07, 6.45) is -0.101. The monoisotopic (exact) mass is 498 g/mol. The summed E-state index contributed by atoms with van der Waals surface area (Å²) in [5.41, 5.74) is 1.87. The molecule has 0 aliphatic rings. The minimum absolute atomic E-state index is 0.0208. The number of hydrogen-bond donors (Lipinski definition) is 2. The summed E-state index contributed by atoms with van der Waals surface area (Å²) in [6.45, 7) is 7.62. The Labute approximate surface area is 208 Å². The number of carbonyl (C=O) groups excluding carboxylic acids is 3. The maximum Gasteiger partial charge on any atom is 0.310 e. The van der Waals surface area contributed by atoms with Gasteiger partial charge in [0.2, 0.25) is 0 Å². The maximum atomic E-state index is 12.3. The van der Waals surface area contributed by atoms with Crippen molar-refractivity contribution in [1.82, 2.24) is 0 Å². The quantitative estimate of drug-likeness (QED) is 0.346. The number of phenols is 2. The third-order valence-electron chi connectivity index (χ3n) is 5.11. The van der Waals surface area contributed by atoms with E-state index >= 15 is 0 Å². The average Bonchev–Trinajstić information content (AvgIpc) is 2.81. The van der Waals surface area contributed by atoms with Gasteiger partial charge in [-0.25, -0.2) is 0 Å². The fraction of sp³-hybridized carbons (Fsp3) is 0.333. The Bertz CT molecular complexity index is 1300. The van der Waals surface area contributed by atoms with E-state index in [1.165, 1.54) is 12.1 Å². The summed E-state index contributed by atoms with van der Waals surface area (Å²) < 4.78 is 15.2. The number of benzene rings is 2. The molecule has 9 nitrogen and oxygen atoms in total. The zero-order valence-electron chi connectivity index (χ0n) is 20.8. The summed E-state index contributed by atoms with van der Waals surface area (Å²) in [6, 6.07) is 9.10. The van der Waals surface area contributed by atoms with Crippen molar-refractivity contribution < 1.29 is 38.5 Å². The summed E-state index contributed by atoms with van der Waals surface area (Å²) in [4.78, 5) is 46.5. The molecule has 0 spiro atoms. The number of carbonyl (C=O) groups is 3. The Morgan fingerprint density at radius 2 is 1.56 bits per heavy atom. The molecule has 0 atom stereocenters. The molecule has 0 saturated carbocycles. The number of hydrogen-bond acceptors (Lipinski definition) is 9. The van der Waals surface area contributed by atoms with E-state index in [9.17, 15) is 24.3 Å². The number of phenolic OH excluding ortho intramolecular Hbond substituents is 2. The second-order valence-electron chi connectivity index (χ2n) is 7.88. The fourth-order valence-electron chi connectivity index (χ4n) is 3.35. The molecule has 0 bridgehead atoms. The summed E-state index contributed by atoms with van der Waals surface area (Å²) in [5, 5.41) is 19.0. The Kier molecular flexibility index (Phi) is 10.2. The number of Topliss-reactive ketones (excluding diaryl/α,β-unsaturated/α-hetero) is 1. The molecule has 0 saturated heterocycles. The van der Waals surface area contributed by atoms with E-state index in [0.29, 0.717) is 28.9 Å². The van der Waals surface area contributed by atoms with Crippen molar-refractivity contribution in [2.75, 3.05) is 13.2 Å². The van der Waals surface area contributed by atoms with Crippen LogP contribution in [0.1, 0.15) is 53.9 Å². The van der Waals surface area contributed by atoms with E-state index in [-0.39, 0.29) is 54.1 Å². The lowest BCUT2D eigenvalue weighted by molar-refractivity contribution is -0.143. The van der Waals surface area contributed by atoms with Crippen LogP contribution < -0.4 is 5.43 Å². The minimum Gasteiger partial charge on any atom is -0.508 e. The van der Waals surface area contributed by atoms with Gasteiger partial charge in [-0.1, -0.05) is 6.07 Å². The van der Waals surface area contributed by atoms with Crippen LogP contribution in [0, 0.1) is 13.8 Å². The highest BCUT2D eigenvalue weighted by molar-refractivity contribution is 6.00. The van der Waals surface area contributed by atoms with Gasteiger partial charge in [-0.3, -0.25) is 19.2 Å². The fourth-order valence-corrected chi connectivity index (χ4v) is 3.35. The standard InChI is InChI=1S/C15H16O4.C12H14O5/c1-4-18-14(16)8-12-10(3)19-13-7-9(2)5-6-11(13)15(12)17;1-2-17-12(16)6-5-10(14)9-4-3-8(13)7-11(9)15/h5-7H,4,8H2,1-3H3;3-4,7,13,15H,2,5-6H2,1H3. The molecule has 0 fully saturated rings. The lowest BCUT2D eigenvalue weighted by Crippen LogP contribution is -2.17. The number of aromatic hydroxyl groups is 2. The van der Waals surface area contributed by atoms with Crippen molar-refractivity contribution in [3.8, 4) is 11.5 Å². The molecule has 1 heterocycles. The predicted molar refractivity (Wildman–Crippen MR) is 132 cm³/mol. The third kappa shape index (κ3) is 7.69. The first kappa shape index (κ1) is 28.1. The highest BCUT2D eigenvalue weighted by atomic mass is 16.5. The molecule has 192 valence electrons. The van der Waals surface area contributed by atoms with Gasteiger partial charge in [-0.05, 0) is 57.5 Å². The highest BCUT2D eigenvalue weighted by Crippen LogP contribution is 2.24. The lowest BCUT2D eigenvalue weighted by Gasteiger charge is -2.07. The van der Waals surface area contributed by atoms with Crippen molar-refractivity contribution in [2.45, 2.75) is 47.0 Å². The van der Waals surface area contributed by atoms with Gasteiger partial charge in [0.1, 0.15) is 22.8 Å². The molecule has 3 rings (SSSR count). The molecule has 36 heavy (non-hydrogen) atoms. The van der Waals surface area contributed by atoms with Gasteiger partial charge in [0.15, 0.2) is 11.2 Å². The van der Waals surface area contributed by atoms with Crippen LogP contribution in [0.3, 0.4) is 0 Å². The first-order valence-electron chi connectivity index (χ1n) is 11.5. The minimum atomic E-state index is -0.445. The van der Waals surface area contributed by atoms with Gasteiger partial charge in [-0.2, -0.15) is 0 Å². The van der Waals surface area contributed by atoms with Crippen LogP contribution in [-0.4, -0.2) is 41.1 Å². The molecule has 3 aromatic rings. The number of esters is 2. The first-order chi connectivity index (χ1) is 17.1. The zero-order chi connectivity index (χ0) is 26.8. The molecule has 0 amide bonds. The van der Waals surface area contributed by atoms with Crippen LogP contribution in [-0.2, 0) is 25.5 Å².